The van der Waals surface area contributed by atoms with Gasteiger partial charge in [-0.05, 0) is 0 Å². The van der Waals surface area contributed by atoms with Gasteiger partial charge in [-0.3, -0.25) is 0 Å². The minimum atomic E-state index is 0. The summed E-state index contributed by atoms with van der Waals surface area (Å²) in [6.45, 7) is 0. The third-order valence-corrected chi connectivity index (χ3v) is 0. The Kier molecular flexibility index (Phi) is 751. The molecule has 0 aromatic rings. The molecule has 0 spiro atoms. The maximum absolute atomic E-state index is 0. The first-order valence-electron chi connectivity index (χ1n) is 0. The van der Waals surface area contributed by atoms with Crippen LogP contribution in [0.4, 0.5) is 0 Å². The van der Waals surface area contributed by atoms with Crippen molar-refractivity contribution in [2.75, 3.05) is 0 Å². The van der Waals surface area contributed by atoms with Gasteiger partial charge in [-0.1, -0.05) is 0 Å². The van der Waals surface area contributed by atoms with Crippen LogP contribution in [0.1, 0.15) is 0 Å². The molecule has 0 aromatic heterocycles. The molecular formula is H7Cl5CsORh. The fourth-order valence-electron chi connectivity index (χ4n) is 0. The first kappa shape index (κ1) is 89.0. The molecule has 0 heterocycles. The zero-order chi connectivity index (χ0) is 0. The van der Waals surface area contributed by atoms with Crippen molar-refractivity contribution in [1.29, 1.82) is 0 Å². The molecule has 0 atom stereocenters. The van der Waals surface area contributed by atoms with Crippen molar-refractivity contribution in [2.24, 2.45) is 0 Å². The molecule has 0 saturated carbocycles. The Bertz CT molecular complexity index is 12.4. The molecule has 0 amide bonds. The van der Waals surface area contributed by atoms with E-state index in [9.17, 15) is 0 Å². The SMILES string of the molecule is Cl.Cl.Cl.Cl.Cl.O.[Cs].[Rh]. The number of hydrogen-bond acceptors (Lipinski definition) is 0. The standard InChI is InChI=1S/5ClH.Cs.H2O.Rh/h5*1H;;1H2;. The van der Waals surface area contributed by atoms with E-state index >= 15 is 0 Å². The van der Waals surface area contributed by atoms with Crippen LogP contribution >= 0.6 is 62.0 Å². The normalized spacial score (nSPS) is 0. The molecule has 0 aliphatic carbocycles. The van der Waals surface area contributed by atoms with Gasteiger partial charge in [-0.15, -0.1) is 62.0 Å². The van der Waals surface area contributed by atoms with Gasteiger partial charge >= 0.3 is 0 Å². The molecule has 58 valence electrons. The minimum Gasteiger partial charge on any atom is -0.412 e. The fraction of sp³-hybridized carbons (Fsp3) is 0. The van der Waals surface area contributed by atoms with E-state index in [1.165, 1.54) is 0 Å². The van der Waals surface area contributed by atoms with Crippen molar-refractivity contribution >= 4 is 131 Å². The summed E-state index contributed by atoms with van der Waals surface area (Å²) in [7, 11) is 0. The van der Waals surface area contributed by atoms with Gasteiger partial charge in [0.1, 0.15) is 0 Å². The molecule has 2 radical (unpaired) electrons. The van der Waals surface area contributed by atoms with E-state index in [0.717, 1.165) is 0 Å². The molecule has 0 saturated heterocycles. The molecule has 8 heteroatoms. The third-order valence-electron chi connectivity index (χ3n) is 0. The van der Waals surface area contributed by atoms with Crippen LogP contribution in [-0.2, 0) is 19.5 Å². The maximum atomic E-state index is 0. The maximum Gasteiger partial charge on any atom is 0 e. The first-order chi connectivity index (χ1) is 0. The van der Waals surface area contributed by atoms with E-state index in [-0.39, 0.29) is 156 Å². The van der Waals surface area contributed by atoms with Crippen molar-refractivity contribution < 1.29 is 25.0 Å². The largest absolute Gasteiger partial charge is 0.412 e. The summed E-state index contributed by atoms with van der Waals surface area (Å²) in [4.78, 5) is 0. The number of rotatable bonds is 0. The van der Waals surface area contributed by atoms with Gasteiger partial charge in [0.25, 0.3) is 0 Å². The van der Waals surface area contributed by atoms with Crippen LogP contribution in [0, 0.1) is 0 Å². The Morgan fingerprint density at radius 1 is 0.500 bits per heavy atom. The summed E-state index contributed by atoms with van der Waals surface area (Å²) in [5.41, 5.74) is 0. The number of halogens is 5. The zero-order valence-corrected chi connectivity index (χ0v) is 15.9. The predicted molar refractivity (Wildman–Crippen MR) is 45.6 cm³/mol. The Morgan fingerprint density at radius 2 is 0.500 bits per heavy atom. The topological polar surface area (TPSA) is 31.5 Å². The van der Waals surface area contributed by atoms with Gasteiger partial charge < -0.3 is 5.48 Å². The Morgan fingerprint density at radius 3 is 0.500 bits per heavy atom. The average Bonchev–Trinajstić information content (AvgIpc) is 0. The zero-order valence-electron chi connectivity index (χ0n) is 3.87. The molecule has 0 unspecified atom stereocenters. The smallest absolute Gasteiger partial charge is 0 e. The van der Waals surface area contributed by atoms with E-state index in [2.05, 4.69) is 0 Å². The summed E-state index contributed by atoms with van der Waals surface area (Å²) >= 11 is 0. The second-order valence-electron chi connectivity index (χ2n) is 0. The molecule has 0 aliphatic heterocycles. The van der Waals surface area contributed by atoms with Gasteiger partial charge in [-0.2, -0.15) is 0 Å². The van der Waals surface area contributed by atoms with E-state index in [4.69, 9.17) is 0 Å². The molecule has 0 fully saturated rings. The monoisotopic (exact) mass is 434 g/mol. The summed E-state index contributed by atoms with van der Waals surface area (Å²) in [6, 6.07) is 0. The average molecular weight is 436 g/mol. The molecule has 0 aromatic carbocycles. The minimum absolute atomic E-state index is 0. The van der Waals surface area contributed by atoms with Crippen LogP contribution in [0.25, 0.3) is 0 Å². The van der Waals surface area contributed by atoms with Crippen molar-refractivity contribution in [3.8, 4) is 0 Å². The summed E-state index contributed by atoms with van der Waals surface area (Å²) in [5.74, 6) is 0. The van der Waals surface area contributed by atoms with Gasteiger partial charge in [-0.25, -0.2) is 0 Å². The molecule has 2 N–H and O–H groups in total. The van der Waals surface area contributed by atoms with Crippen molar-refractivity contribution in [1.82, 2.24) is 0 Å². The molecule has 8 heavy (non-hydrogen) atoms. The molecule has 0 rings (SSSR count). The Balaban J connectivity index is 0. The van der Waals surface area contributed by atoms with E-state index in [0.29, 0.717) is 0 Å². The fourth-order valence-corrected chi connectivity index (χ4v) is 0. The second-order valence-corrected chi connectivity index (χ2v) is 0. The van der Waals surface area contributed by atoms with Crippen molar-refractivity contribution in [3.05, 3.63) is 0 Å². The molecule has 1 nitrogen and oxygen atoms in total. The van der Waals surface area contributed by atoms with Gasteiger partial charge in [0.15, 0.2) is 0 Å². The van der Waals surface area contributed by atoms with Crippen LogP contribution in [0.5, 0.6) is 0 Å². The van der Waals surface area contributed by atoms with Crippen LogP contribution in [0.2, 0.25) is 0 Å². The van der Waals surface area contributed by atoms with E-state index in [1.807, 2.05) is 0 Å². The molecular weight excluding hydrogens is 429 g/mol. The number of hydrogen-bond donors (Lipinski definition) is 0. The van der Waals surface area contributed by atoms with Gasteiger partial charge in [0, 0.05) is 88.4 Å². The van der Waals surface area contributed by atoms with Gasteiger partial charge in [0.2, 0.25) is 0 Å². The van der Waals surface area contributed by atoms with Crippen LogP contribution < -0.4 is 0 Å². The Hall–Kier alpha value is 4.09. The summed E-state index contributed by atoms with van der Waals surface area (Å²) < 4.78 is 0. The Labute approximate surface area is 152 Å². The van der Waals surface area contributed by atoms with Crippen LogP contribution in [0.3, 0.4) is 0 Å². The van der Waals surface area contributed by atoms with E-state index in [1.54, 1.807) is 0 Å². The van der Waals surface area contributed by atoms with Crippen LogP contribution in [-0.4, -0.2) is 74.4 Å². The van der Waals surface area contributed by atoms with Crippen LogP contribution in [0.15, 0.2) is 0 Å². The van der Waals surface area contributed by atoms with Crippen molar-refractivity contribution in [3.63, 3.8) is 0 Å². The van der Waals surface area contributed by atoms with Gasteiger partial charge in [0.05, 0.1) is 0 Å². The molecule has 0 aliphatic rings. The second kappa shape index (κ2) is 67.6. The van der Waals surface area contributed by atoms with E-state index < -0.39 is 0 Å². The van der Waals surface area contributed by atoms with Crippen molar-refractivity contribution in [2.45, 2.75) is 0 Å². The summed E-state index contributed by atoms with van der Waals surface area (Å²) in [5, 5.41) is 0. The summed E-state index contributed by atoms with van der Waals surface area (Å²) in [6.07, 6.45) is 0. The first-order valence-corrected chi connectivity index (χ1v) is 0. The third kappa shape index (κ3) is 49.9. The quantitative estimate of drug-likeness (QED) is 0.506. The predicted octanol–water partition coefficient (Wildman–Crippen LogP) is 0.901. The molecule has 0 bridgehead atoms.